The molecule has 0 spiro atoms. The van der Waals surface area contributed by atoms with Crippen LogP contribution in [-0.2, 0) is 9.59 Å². The minimum Gasteiger partial charge on any atom is -0.497 e. The first-order valence-electron chi connectivity index (χ1n) is 9.56. The van der Waals surface area contributed by atoms with Gasteiger partial charge < -0.3 is 14.8 Å². The predicted molar refractivity (Wildman–Crippen MR) is 125 cm³/mol. The highest BCUT2D eigenvalue weighted by atomic mass is 35.5. The van der Waals surface area contributed by atoms with Crippen molar-refractivity contribution in [2.45, 2.75) is 0 Å². The van der Waals surface area contributed by atoms with Gasteiger partial charge in [0.15, 0.2) is 0 Å². The van der Waals surface area contributed by atoms with Crippen LogP contribution in [0.2, 0.25) is 10.0 Å². The van der Waals surface area contributed by atoms with Crippen molar-refractivity contribution in [3.05, 3.63) is 88.0 Å². The molecule has 3 aromatic carbocycles. The zero-order chi connectivity index (χ0) is 22.8. The summed E-state index contributed by atoms with van der Waals surface area (Å²) in [5.74, 6) is 0.00146. The number of amides is 2. The Kier molecular flexibility index (Phi) is 6.08. The lowest BCUT2D eigenvalue weighted by atomic mass is 10.0. The van der Waals surface area contributed by atoms with Crippen molar-refractivity contribution in [2.24, 2.45) is 0 Å². The molecule has 0 radical (unpaired) electrons. The number of halogens is 2. The molecule has 3 aromatic rings. The molecule has 0 saturated heterocycles. The Morgan fingerprint density at radius 2 is 1.50 bits per heavy atom. The molecule has 0 saturated carbocycles. The van der Waals surface area contributed by atoms with E-state index in [9.17, 15) is 9.59 Å². The number of ether oxygens (including phenoxy) is 2. The molecule has 32 heavy (non-hydrogen) atoms. The molecule has 1 aliphatic heterocycles. The van der Waals surface area contributed by atoms with E-state index >= 15 is 0 Å². The van der Waals surface area contributed by atoms with Crippen molar-refractivity contribution in [3.63, 3.8) is 0 Å². The van der Waals surface area contributed by atoms with Crippen molar-refractivity contribution < 1.29 is 19.1 Å². The van der Waals surface area contributed by atoms with Crippen molar-refractivity contribution >= 4 is 52.0 Å². The van der Waals surface area contributed by atoms with Gasteiger partial charge in [-0.2, -0.15) is 0 Å². The summed E-state index contributed by atoms with van der Waals surface area (Å²) in [5, 5.41) is 3.71. The highest BCUT2D eigenvalue weighted by molar-refractivity contribution is 6.46. The van der Waals surface area contributed by atoms with Gasteiger partial charge in [-0.1, -0.05) is 53.5 Å². The van der Waals surface area contributed by atoms with Gasteiger partial charge in [0.05, 0.1) is 31.2 Å². The fourth-order valence-electron chi connectivity index (χ4n) is 3.47. The van der Waals surface area contributed by atoms with Gasteiger partial charge in [0.2, 0.25) is 0 Å². The van der Waals surface area contributed by atoms with Crippen LogP contribution in [0.4, 0.5) is 11.4 Å². The maximum absolute atomic E-state index is 13.5. The summed E-state index contributed by atoms with van der Waals surface area (Å²) in [6.07, 6.45) is 0. The van der Waals surface area contributed by atoms with Gasteiger partial charge in [0.1, 0.15) is 17.2 Å². The molecular weight excluding hydrogens is 451 g/mol. The summed E-state index contributed by atoms with van der Waals surface area (Å²) in [6, 6.07) is 18.6. The van der Waals surface area contributed by atoms with Gasteiger partial charge in [-0.25, -0.2) is 4.90 Å². The smallest absolute Gasteiger partial charge is 0.282 e. The van der Waals surface area contributed by atoms with Crippen LogP contribution < -0.4 is 19.7 Å². The number of anilines is 2. The molecule has 0 fully saturated rings. The second-order valence-electron chi connectivity index (χ2n) is 6.88. The van der Waals surface area contributed by atoms with E-state index < -0.39 is 11.8 Å². The largest absolute Gasteiger partial charge is 0.497 e. The van der Waals surface area contributed by atoms with Crippen LogP contribution in [0, 0.1) is 0 Å². The van der Waals surface area contributed by atoms with Crippen LogP contribution >= 0.6 is 23.2 Å². The first-order valence-corrected chi connectivity index (χ1v) is 10.3. The average Bonchev–Trinajstić information content (AvgIpc) is 3.02. The number of nitrogens with zero attached hydrogens (tertiary/aromatic N) is 1. The number of hydrogen-bond acceptors (Lipinski definition) is 5. The number of carbonyl (C=O) groups excluding carboxylic acids is 2. The maximum atomic E-state index is 13.5. The van der Waals surface area contributed by atoms with Crippen LogP contribution in [0.3, 0.4) is 0 Å². The first-order chi connectivity index (χ1) is 15.4. The normalized spacial score (nSPS) is 13.6. The average molecular weight is 469 g/mol. The van der Waals surface area contributed by atoms with E-state index in [-0.39, 0.29) is 17.0 Å². The third-order valence-electron chi connectivity index (χ3n) is 4.92. The Morgan fingerprint density at radius 3 is 2.12 bits per heavy atom. The Morgan fingerprint density at radius 1 is 0.812 bits per heavy atom. The summed E-state index contributed by atoms with van der Waals surface area (Å²) in [6.45, 7) is 0. The Bertz CT molecular complexity index is 1220. The highest BCUT2D eigenvalue weighted by Crippen LogP contribution is 2.38. The van der Waals surface area contributed by atoms with E-state index in [2.05, 4.69) is 5.32 Å². The number of hydrogen-bond donors (Lipinski definition) is 1. The van der Waals surface area contributed by atoms with Gasteiger partial charge in [0.25, 0.3) is 11.8 Å². The van der Waals surface area contributed by atoms with Crippen LogP contribution in [0.15, 0.2) is 72.4 Å². The number of imide groups is 1. The minimum atomic E-state index is -0.544. The summed E-state index contributed by atoms with van der Waals surface area (Å²) in [4.78, 5) is 28.0. The first kappa shape index (κ1) is 21.7. The Balaban J connectivity index is 1.86. The van der Waals surface area contributed by atoms with Crippen LogP contribution in [-0.4, -0.2) is 26.0 Å². The van der Waals surface area contributed by atoms with Gasteiger partial charge >= 0.3 is 0 Å². The van der Waals surface area contributed by atoms with Gasteiger partial charge in [-0.3, -0.25) is 9.59 Å². The number of nitrogens with one attached hydrogen (secondary N) is 1. The molecule has 162 valence electrons. The van der Waals surface area contributed by atoms with Crippen molar-refractivity contribution in [2.75, 3.05) is 24.4 Å². The van der Waals surface area contributed by atoms with Crippen molar-refractivity contribution in [3.8, 4) is 11.5 Å². The van der Waals surface area contributed by atoms with E-state index in [0.29, 0.717) is 32.8 Å². The standard InChI is InChI=1S/C24H18Cl2N2O4/c1-31-18-8-9-20(32-2)19(13-18)27-22-21(14-6-4-3-5-7-14)23(29)28(24(22)30)17-11-15(25)10-16(26)12-17/h3-13,27H,1-2H3. The minimum absolute atomic E-state index is 0.101. The second kappa shape index (κ2) is 8.94. The summed E-state index contributed by atoms with van der Waals surface area (Å²) in [7, 11) is 3.05. The summed E-state index contributed by atoms with van der Waals surface area (Å²) < 4.78 is 10.7. The van der Waals surface area contributed by atoms with E-state index in [1.807, 2.05) is 6.07 Å². The molecule has 1 N–H and O–H groups in total. The van der Waals surface area contributed by atoms with E-state index in [1.165, 1.54) is 32.4 Å². The third kappa shape index (κ3) is 4.02. The number of methoxy groups -OCH3 is 2. The fourth-order valence-corrected chi connectivity index (χ4v) is 3.98. The quantitative estimate of drug-likeness (QED) is 0.490. The molecule has 0 atom stereocenters. The van der Waals surface area contributed by atoms with Crippen LogP contribution in [0.1, 0.15) is 5.56 Å². The number of rotatable bonds is 6. The molecule has 0 aliphatic carbocycles. The number of carbonyl (C=O) groups is 2. The zero-order valence-electron chi connectivity index (χ0n) is 17.2. The Labute approximate surface area is 195 Å². The summed E-state index contributed by atoms with van der Waals surface area (Å²) >= 11 is 12.2. The zero-order valence-corrected chi connectivity index (χ0v) is 18.7. The van der Waals surface area contributed by atoms with Gasteiger partial charge in [-0.05, 0) is 35.9 Å². The topological polar surface area (TPSA) is 67.9 Å². The molecule has 0 unspecified atom stereocenters. The van der Waals surface area contributed by atoms with Crippen molar-refractivity contribution in [1.82, 2.24) is 0 Å². The molecule has 6 nitrogen and oxygen atoms in total. The van der Waals surface area contributed by atoms with E-state index in [4.69, 9.17) is 32.7 Å². The highest BCUT2D eigenvalue weighted by Gasteiger charge is 2.40. The maximum Gasteiger partial charge on any atom is 0.282 e. The molecule has 4 rings (SSSR count). The molecule has 1 heterocycles. The molecule has 1 aliphatic rings. The molecule has 8 heteroatoms. The Hall–Kier alpha value is -3.48. The monoisotopic (exact) mass is 468 g/mol. The van der Waals surface area contributed by atoms with Gasteiger partial charge in [-0.15, -0.1) is 0 Å². The van der Waals surface area contributed by atoms with Gasteiger partial charge in [0, 0.05) is 16.1 Å². The van der Waals surface area contributed by atoms with E-state index in [1.54, 1.807) is 42.5 Å². The van der Waals surface area contributed by atoms with Crippen molar-refractivity contribution in [1.29, 1.82) is 0 Å². The lowest BCUT2D eigenvalue weighted by Gasteiger charge is -2.17. The van der Waals surface area contributed by atoms with Crippen LogP contribution in [0.25, 0.3) is 5.57 Å². The van der Waals surface area contributed by atoms with Crippen LogP contribution in [0.5, 0.6) is 11.5 Å². The van der Waals surface area contributed by atoms with E-state index in [0.717, 1.165) is 4.90 Å². The lowest BCUT2D eigenvalue weighted by Crippen LogP contribution is -2.32. The molecular formula is C24H18Cl2N2O4. The molecule has 2 amide bonds. The predicted octanol–water partition coefficient (Wildman–Crippen LogP) is 5.41. The summed E-state index contributed by atoms with van der Waals surface area (Å²) in [5.41, 5.74) is 1.66. The molecule has 0 bridgehead atoms. The lowest BCUT2D eigenvalue weighted by molar-refractivity contribution is -0.120. The molecule has 0 aromatic heterocycles. The third-order valence-corrected chi connectivity index (χ3v) is 5.35. The number of benzene rings is 3. The SMILES string of the molecule is COc1ccc(OC)c(NC2=C(c3ccccc3)C(=O)N(c3cc(Cl)cc(Cl)c3)C2=O)c1. The fraction of sp³-hybridized carbons (Fsp3) is 0.0833. The second-order valence-corrected chi connectivity index (χ2v) is 7.75.